The van der Waals surface area contributed by atoms with Gasteiger partial charge in [-0.05, 0) is 37.6 Å². The molecule has 0 bridgehead atoms. The fourth-order valence-corrected chi connectivity index (χ4v) is 1.91. The molecule has 1 heterocycles. The third-order valence-electron chi connectivity index (χ3n) is 2.98. The van der Waals surface area contributed by atoms with Gasteiger partial charge in [0.15, 0.2) is 0 Å². The van der Waals surface area contributed by atoms with E-state index >= 15 is 0 Å². The van der Waals surface area contributed by atoms with Crippen molar-refractivity contribution in [1.29, 1.82) is 0 Å². The standard InChI is InChI=1S/C14H16N2O3/c1-9(2-5-13(17)18)16-14(19)11-3-4-12-10(8-11)6-7-15-12/h3-4,6-9,15H,2,5H2,1H3,(H,16,19)(H,17,18)/t9-/m1/s1. The maximum atomic E-state index is 12.0. The minimum absolute atomic E-state index is 0.0539. The van der Waals surface area contributed by atoms with E-state index in [1.54, 1.807) is 13.0 Å². The van der Waals surface area contributed by atoms with Crippen LogP contribution in [0.5, 0.6) is 0 Å². The highest BCUT2D eigenvalue weighted by Crippen LogP contribution is 2.14. The Morgan fingerprint density at radius 3 is 2.89 bits per heavy atom. The van der Waals surface area contributed by atoms with E-state index < -0.39 is 5.97 Å². The third kappa shape index (κ3) is 3.34. The minimum atomic E-state index is -0.852. The smallest absolute Gasteiger partial charge is 0.303 e. The average Bonchev–Trinajstić information content (AvgIpc) is 2.83. The van der Waals surface area contributed by atoms with Gasteiger partial charge in [-0.3, -0.25) is 9.59 Å². The van der Waals surface area contributed by atoms with Gasteiger partial charge in [0.1, 0.15) is 0 Å². The molecule has 5 nitrogen and oxygen atoms in total. The van der Waals surface area contributed by atoms with Gasteiger partial charge >= 0.3 is 5.97 Å². The van der Waals surface area contributed by atoms with Gasteiger partial charge < -0.3 is 15.4 Å². The summed E-state index contributed by atoms with van der Waals surface area (Å²) in [7, 11) is 0. The largest absolute Gasteiger partial charge is 0.481 e. The second-order valence-electron chi connectivity index (χ2n) is 4.59. The molecule has 0 aliphatic rings. The number of nitrogens with one attached hydrogen (secondary N) is 2. The number of carboxylic acid groups (broad SMARTS) is 1. The first-order valence-electron chi connectivity index (χ1n) is 6.16. The quantitative estimate of drug-likeness (QED) is 0.770. The van der Waals surface area contributed by atoms with Crippen LogP contribution in [0.2, 0.25) is 0 Å². The predicted octanol–water partition coefficient (Wildman–Crippen LogP) is 2.15. The van der Waals surface area contributed by atoms with Crippen LogP contribution in [0.25, 0.3) is 10.9 Å². The summed E-state index contributed by atoms with van der Waals surface area (Å²) in [5, 5.41) is 12.4. The number of carbonyl (C=O) groups is 2. The Bertz CT molecular complexity index is 604. The second-order valence-corrected chi connectivity index (χ2v) is 4.59. The zero-order valence-corrected chi connectivity index (χ0v) is 10.6. The van der Waals surface area contributed by atoms with Crippen LogP contribution in [-0.2, 0) is 4.79 Å². The first-order valence-corrected chi connectivity index (χ1v) is 6.16. The van der Waals surface area contributed by atoms with Crippen molar-refractivity contribution >= 4 is 22.8 Å². The molecule has 5 heteroatoms. The lowest BCUT2D eigenvalue weighted by Gasteiger charge is -2.12. The van der Waals surface area contributed by atoms with Crippen molar-refractivity contribution in [2.45, 2.75) is 25.8 Å². The SMILES string of the molecule is C[C@H](CCC(=O)O)NC(=O)c1ccc2[nH]ccc2c1. The van der Waals surface area contributed by atoms with E-state index in [1.807, 2.05) is 24.4 Å². The number of fused-ring (bicyclic) bond motifs is 1. The fraction of sp³-hybridized carbons (Fsp3) is 0.286. The van der Waals surface area contributed by atoms with Gasteiger partial charge in [-0.1, -0.05) is 0 Å². The van der Waals surface area contributed by atoms with Gasteiger partial charge in [0.25, 0.3) is 5.91 Å². The molecule has 2 aromatic rings. The summed E-state index contributed by atoms with van der Waals surface area (Å²) >= 11 is 0. The van der Waals surface area contributed by atoms with Gasteiger partial charge in [0.05, 0.1) is 0 Å². The predicted molar refractivity (Wildman–Crippen MR) is 72.1 cm³/mol. The molecule has 2 rings (SSSR count). The Labute approximate surface area is 110 Å². The Hall–Kier alpha value is -2.30. The van der Waals surface area contributed by atoms with Gasteiger partial charge in [-0.2, -0.15) is 0 Å². The van der Waals surface area contributed by atoms with Crippen LogP contribution in [0, 0.1) is 0 Å². The highest BCUT2D eigenvalue weighted by atomic mass is 16.4. The number of aromatic amines is 1. The highest BCUT2D eigenvalue weighted by Gasteiger charge is 2.11. The number of H-pyrrole nitrogens is 1. The summed E-state index contributed by atoms with van der Waals surface area (Å²) in [5.74, 6) is -1.03. The van der Waals surface area contributed by atoms with E-state index in [-0.39, 0.29) is 18.4 Å². The van der Waals surface area contributed by atoms with Crippen molar-refractivity contribution in [3.8, 4) is 0 Å². The Kier molecular flexibility index (Phi) is 3.85. The van der Waals surface area contributed by atoms with E-state index in [9.17, 15) is 9.59 Å². The molecule has 0 unspecified atom stereocenters. The fourth-order valence-electron chi connectivity index (χ4n) is 1.91. The summed E-state index contributed by atoms with van der Waals surface area (Å²) in [6.07, 6.45) is 2.30. The maximum absolute atomic E-state index is 12.0. The Morgan fingerprint density at radius 2 is 2.16 bits per heavy atom. The van der Waals surface area contributed by atoms with Crippen LogP contribution in [-0.4, -0.2) is 28.0 Å². The molecule has 0 saturated carbocycles. The summed E-state index contributed by atoms with van der Waals surface area (Å²) in [6.45, 7) is 1.80. The second kappa shape index (κ2) is 5.56. The summed E-state index contributed by atoms with van der Waals surface area (Å²) < 4.78 is 0. The molecule has 1 atom stereocenters. The van der Waals surface area contributed by atoms with Gasteiger partial charge in [-0.25, -0.2) is 0 Å². The number of benzene rings is 1. The molecule has 0 aliphatic carbocycles. The monoisotopic (exact) mass is 260 g/mol. The molecule has 0 radical (unpaired) electrons. The molecule has 100 valence electrons. The van der Waals surface area contributed by atoms with Gasteiger partial charge in [-0.15, -0.1) is 0 Å². The molecule has 19 heavy (non-hydrogen) atoms. The van der Waals surface area contributed by atoms with Crippen molar-refractivity contribution in [3.05, 3.63) is 36.0 Å². The Balaban J connectivity index is 2.00. The van der Waals surface area contributed by atoms with Crippen molar-refractivity contribution in [2.75, 3.05) is 0 Å². The number of carbonyl (C=O) groups excluding carboxylic acids is 1. The lowest BCUT2D eigenvalue weighted by molar-refractivity contribution is -0.137. The molecule has 0 saturated heterocycles. The topological polar surface area (TPSA) is 82.2 Å². The van der Waals surface area contributed by atoms with E-state index in [1.165, 1.54) is 0 Å². The van der Waals surface area contributed by atoms with Crippen molar-refractivity contribution in [2.24, 2.45) is 0 Å². The first-order chi connectivity index (χ1) is 9.06. The van der Waals surface area contributed by atoms with Crippen molar-refractivity contribution in [3.63, 3.8) is 0 Å². The van der Waals surface area contributed by atoms with Crippen LogP contribution < -0.4 is 5.32 Å². The van der Waals surface area contributed by atoms with Crippen LogP contribution in [0.4, 0.5) is 0 Å². The normalized spacial score (nSPS) is 12.3. The molecule has 1 amide bonds. The molecule has 0 spiro atoms. The number of amides is 1. The number of rotatable bonds is 5. The number of carboxylic acids is 1. The molecular weight excluding hydrogens is 244 g/mol. The van der Waals surface area contributed by atoms with E-state index in [0.29, 0.717) is 12.0 Å². The zero-order valence-electron chi connectivity index (χ0n) is 10.6. The van der Waals surface area contributed by atoms with Crippen LogP contribution in [0.3, 0.4) is 0 Å². The van der Waals surface area contributed by atoms with E-state index in [0.717, 1.165) is 10.9 Å². The number of aliphatic carboxylic acids is 1. The molecule has 0 aliphatic heterocycles. The molecular formula is C14H16N2O3. The lowest BCUT2D eigenvalue weighted by Crippen LogP contribution is -2.32. The third-order valence-corrected chi connectivity index (χ3v) is 2.98. The van der Waals surface area contributed by atoms with Crippen molar-refractivity contribution < 1.29 is 14.7 Å². The van der Waals surface area contributed by atoms with Gasteiger partial charge in [0.2, 0.25) is 0 Å². The molecule has 0 fully saturated rings. The summed E-state index contributed by atoms with van der Waals surface area (Å²) in [6, 6.07) is 7.15. The van der Waals surface area contributed by atoms with Crippen molar-refractivity contribution in [1.82, 2.24) is 10.3 Å². The van der Waals surface area contributed by atoms with E-state index in [4.69, 9.17) is 5.11 Å². The molecule has 1 aromatic heterocycles. The number of aromatic nitrogens is 1. The molecule has 3 N–H and O–H groups in total. The summed E-state index contributed by atoms with van der Waals surface area (Å²) in [4.78, 5) is 25.5. The summed E-state index contributed by atoms with van der Waals surface area (Å²) in [5.41, 5.74) is 1.56. The first kappa shape index (κ1) is 13.1. The van der Waals surface area contributed by atoms with Gasteiger partial charge in [0, 0.05) is 35.1 Å². The number of hydrogen-bond donors (Lipinski definition) is 3. The highest BCUT2D eigenvalue weighted by molar-refractivity contribution is 5.98. The zero-order chi connectivity index (χ0) is 13.8. The average molecular weight is 260 g/mol. The van der Waals surface area contributed by atoms with Crippen LogP contribution >= 0.6 is 0 Å². The minimum Gasteiger partial charge on any atom is -0.481 e. The Morgan fingerprint density at radius 1 is 1.37 bits per heavy atom. The van der Waals surface area contributed by atoms with E-state index in [2.05, 4.69) is 10.3 Å². The maximum Gasteiger partial charge on any atom is 0.303 e. The molecule has 1 aromatic carbocycles. The van der Waals surface area contributed by atoms with Crippen LogP contribution in [0.15, 0.2) is 30.5 Å². The number of hydrogen-bond acceptors (Lipinski definition) is 2. The van der Waals surface area contributed by atoms with Crippen LogP contribution in [0.1, 0.15) is 30.1 Å². The lowest BCUT2D eigenvalue weighted by atomic mass is 10.1.